The second-order valence-electron chi connectivity index (χ2n) is 6.06. The molecule has 0 bridgehead atoms. The fourth-order valence-corrected chi connectivity index (χ4v) is 4.62. The molecule has 0 radical (unpaired) electrons. The summed E-state index contributed by atoms with van der Waals surface area (Å²) in [6.07, 6.45) is 1.70. The Morgan fingerprint density at radius 1 is 1.08 bits per heavy atom. The Morgan fingerprint density at radius 3 is 2.21 bits per heavy atom. The van der Waals surface area contributed by atoms with Gasteiger partial charge in [-0.15, -0.1) is 0 Å². The third kappa shape index (κ3) is 3.86. The molecule has 4 nitrogen and oxygen atoms in total. The summed E-state index contributed by atoms with van der Waals surface area (Å²) in [5, 5.41) is 0. The minimum absolute atomic E-state index is 0.00607. The molecule has 1 aliphatic heterocycles. The van der Waals surface area contributed by atoms with Crippen LogP contribution in [-0.2, 0) is 14.8 Å². The molecule has 5 heteroatoms. The molecular weight excluding hydrogens is 322 g/mol. The van der Waals surface area contributed by atoms with E-state index in [4.69, 9.17) is 4.74 Å². The van der Waals surface area contributed by atoms with Crippen molar-refractivity contribution in [1.82, 2.24) is 4.31 Å². The van der Waals surface area contributed by atoms with Crippen LogP contribution < -0.4 is 0 Å². The summed E-state index contributed by atoms with van der Waals surface area (Å²) in [7, 11) is -3.57. The number of hydrogen-bond acceptors (Lipinski definition) is 3. The van der Waals surface area contributed by atoms with Crippen LogP contribution in [0.3, 0.4) is 0 Å². The zero-order chi connectivity index (χ0) is 17.0. The minimum atomic E-state index is -3.57. The van der Waals surface area contributed by atoms with Crippen molar-refractivity contribution >= 4 is 10.0 Å². The highest BCUT2D eigenvalue weighted by Gasteiger charge is 2.37. The van der Waals surface area contributed by atoms with Crippen LogP contribution >= 0.6 is 0 Å². The fourth-order valence-electron chi connectivity index (χ4n) is 2.92. The molecule has 1 aliphatic rings. The summed E-state index contributed by atoms with van der Waals surface area (Å²) in [6, 6.07) is 18.4. The Bertz CT molecular complexity index is 743. The largest absolute Gasteiger partial charge is 0.372 e. The van der Waals surface area contributed by atoms with Gasteiger partial charge in [-0.1, -0.05) is 61.9 Å². The van der Waals surface area contributed by atoms with Crippen LogP contribution in [0.2, 0.25) is 0 Å². The Kier molecular flexibility index (Phi) is 5.33. The molecule has 24 heavy (non-hydrogen) atoms. The van der Waals surface area contributed by atoms with Gasteiger partial charge in [0, 0.05) is 6.54 Å². The van der Waals surface area contributed by atoms with E-state index in [-0.39, 0.29) is 12.1 Å². The molecule has 0 spiro atoms. The molecule has 2 unspecified atom stereocenters. The van der Waals surface area contributed by atoms with Crippen molar-refractivity contribution in [3.05, 3.63) is 66.2 Å². The summed E-state index contributed by atoms with van der Waals surface area (Å²) in [6.45, 7) is 3.11. The monoisotopic (exact) mass is 345 g/mol. The van der Waals surface area contributed by atoms with Gasteiger partial charge in [0.15, 0.2) is 0 Å². The van der Waals surface area contributed by atoms with E-state index in [1.54, 1.807) is 28.6 Å². The normalized spacial score (nSPS) is 18.5. The third-order valence-electron chi connectivity index (χ3n) is 4.23. The average Bonchev–Trinajstić information content (AvgIpc) is 3.44. The highest BCUT2D eigenvalue weighted by atomic mass is 32.2. The Morgan fingerprint density at radius 2 is 1.67 bits per heavy atom. The highest BCUT2D eigenvalue weighted by molar-refractivity contribution is 7.89. The van der Waals surface area contributed by atoms with Crippen molar-refractivity contribution in [3.8, 4) is 0 Å². The first-order valence-corrected chi connectivity index (χ1v) is 9.80. The van der Waals surface area contributed by atoms with E-state index in [9.17, 15) is 8.42 Å². The molecule has 0 aliphatic carbocycles. The molecule has 1 saturated heterocycles. The predicted molar refractivity (Wildman–Crippen MR) is 94.2 cm³/mol. The van der Waals surface area contributed by atoms with Gasteiger partial charge in [0.25, 0.3) is 0 Å². The standard InChI is InChI=1S/C19H23NO3S/c1-2-9-19(16-10-5-3-6-11-16)20(14-17-15-23-17)24(21,22)18-12-7-4-8-13-18/h3-8,10-13,17,19H,2,9,14-15H2,1H3. The van der Waals surface area contributed by atoms with Crippen LogP contribution in [-0.4, -0.2) is 32.0 Å². The maximum absolute atomic E-state index is 13.3. The number of epoxide rings is 1. The minimum Gasteiger partial charge on any atom is -0.372 e. The van der Waals surface area contributed by atoms with Gasteiger partial charge in [-0.05, 0) is 24.1 Å². The number of hydrogen-bond donors (Lipinski definition) is 0. The van der Waals surface area contributed by atoms with E-state index in [1.807, 2.05) is 36.4 Å². The van der Waals surface area contributed by atoms with Crippen molar-refractivity contribution in [3.63, 3.8) is 0 Å². The summed E-state index contributed by atoms with van der Waals surface area (Å²) in [5.74, 6) is 0. The zero-order valence-corrected chi connectivity index (χ0v) is 14.7. The second kappa shape index (κ2) is 7.47. The van der Waals surface area contributed by atoms with Crippen molar-refractivity contribution < 1.29 is 13.2 Å². The van der Waals surface area contributed by atoms with Crippen LogP contribution in [0.25, 0.3) is 0 Å². The van der Waals surface area contributed by atoms with Crippen LogP contribution in [0.1, 0.15) is 31.4 Å². The molecule has 128 valence electrons. The number of rotatable bonds is 8. The lowest BCUT2D eigenvalue weighted by molar-refractivity contribution is 0.272. The fraction of sp³-hybridized carbons (Fsp3) is 0.368. The molecule has 1 heterocycles. The lowest BCUT2D eigenvalue weighted by Gasteiger charge is -2.31. The van der Waals surface area contributed by atoms with E-state index in [1.165, 1.54) is 0 Å². The summed E-state index contributed by atoms with van der Waals surface area (Å²) in [5.41, 5.74) is 1.03. The quantitative estimate of drug-likeness (QED) is 0.687. The second-order valence-corrected chi connectivity index (χ2v) is 7.95. The van der Waals surface area contributed by atoms with Crippen LogP contribution in [0, 0.1) is 0 Å². The van der Waals surface area contributed by atoms with Crippen LogP contribution in [0.15, 0.2) is 65.6 Å². The first-order chi connectivity index (χ1) is 11.6. The average molecular weight is 345 g/mol. The van der Waals surface area contributed by atoms with E-state index in [0.29, 0.717) is 18.0 Å². The maximum atomic E-state index is 13.3. The topological polar surface area (TPSA) is 49.9 Å². The van der Waals surface area contributed by atoms with Gasteiger partial charge in [0.1, 0.15) is 0 Å². The summed E-state index contributed by atoms with van der Waals surface area (Å²) in [4.78, 5) is 0.336. The van der Waals surface area contributed by atoms with Crippen molar-refractivity contribution in [2.24, 2.45) is 0 Å². The Balaban J connectivity index is 2.00. The number of benzene rings is 2. The molecule has 2 atom stereocenters. The molecule has 0 N–H and O–H groups in total. The highest BCUT2D eigenvalue weighted by Crippen LogP contribution is 2.33. The van der Waals surface area contributed by atoms with Crippen molar-refractivity contribution in [2.45, 2.75) is 36.8 Å². The van der Waals surface area contributed by atoms with Crippen molar-refractivity contribution in [2.75, 3.05) is 13.2 Å². The van der Waals surface area contributed by atoms with Gasteiger partial charge < -0.3 is 4.74 Å². The number of nitrogens with zero attached hydrogens (tertiary/aromatic N) is 1. The zero-order valence-electron chi connectivity index (χ0n) is 13.8. The Labute approximate surface area is 144 Å². The predicted octanol–water partition coefficient (Wildman–Crippen LogP) is 3.62. The van der Waals surface area contributed by atoms with Gasteiger partial charge in [-0.25, -0.2) is 8.42 Å². The molecule has 2 aromatic carbocycles. The molecule has 0 aromatic heterocycles. The summed E-state index contributed by atoms with van der Waals surface area (Å²) < 4.78 is 33.5. The number of sulfonamides is 1. The smallest absolute Gasteiger partial charge is 0.243 e. The van der Waals surface area contributed by atoms with Crippen LogP contribution in [0.5, 0.6) is 0 Å². The lowest BCUT2D eigenvalue weighted by Crippen LogP contribution is -2.37. The third-order valence-corrected chi connectivity index (χ3v) is 6.12. The van der Waals surface area contributed by atoms with E-state index < -0.39 is 10.0 Å². The van der Waals surface area contributed by atoms with Crippen molar-refractivity contribution in [1.29, 1.82) is 0 Å². The van der Waals surface area contributed by atoms with Gasteiger partial charge >= 0.3 is 0 Å². The van der Waals surface area contributed by atoms with E-state index in [0.717, 1.165) is 18.4 Å². The lowest BCUT2D eigenvalue weighted by atomic mass is 10.0. The Hall–Kier alpha value is -1.69. The maximum Gasteiger partial charge on any atom is 0.243 e. The van der Waals surface area contributed by atoms with E-state index >= 15 is 0 Å². The summed E-state index contributed by atoms with van der Waals surface area (Å²) >= 11 is 0. The molecule has 0 saturated carbocycles. The van der Waals surface area contributed by atoms with Gasteiger partial charge in [-0.2, -0.15) is 4.31 Å². The van der Waals surface area contributed by atoms with Gasteiger partial charge in [-0.3, -0.25) is 0 Å². The SMILES string of the molecule is CCCC(c1ccccc1)N(CC1CO1)S(=O)(=O)c1ccccc1. The van der Waals surface area contributed by atoms with Gasteiger partial charge in [0.05, 0.1) is 23.6 Å². The first-order valence-electron chi connectivity index (χ1n) is 8.36. The van der Waals surface area contributed by atoms with Gasteiger partial charge in [0.2, 0.25) is 10.0 Å². The first kappa shape index (κ1) is 17.1. The number of ether oxygens (including phenoxy) is 1. The molecule has 1 fully saturated rings. The molecular formula is C19H23NO3S. The van der Waals surface area contributed by atoms with E-state index in [2.05, 4.69) is 6.92 Å². The molecule has 3 rings (SSSR count). The molecule has 2 aromatic rings. The van der Waals surface area contributed by atoms with Crippen LogP contribution in [0.4, 0.5) is 0 Å². The molecule has 0 amide bonds.